The van der Waals surface area contributed by atoms with Crippen molar-refractivity contribution in [3.8, 4) is 0 Å². The summed E-state index contributed by atoms with van der Waals surface area (Å²) < 4.78 is 0. The summed E-state index contributed by atoms with van der Waals surface area (Å²) >= 11 is 3.79. The van der Waals surface area contributed by atoms with Gasteiger partial charge in [-0.3, -0.25) is 0 Å². The minimum Gasteiger partial charge on any atom is -0.180 e. The van der Waals surface area contributed by atoms with Crippen LogP contribution in [0.1, 0.15) is 20.8 Å². The van der Waals surface area contributed by atoms with Gasteiger partial charge in [-0.15, -0.1) is 0 Å². The van der Waals surface area contributed by atoms with Gasteiger partial charge in [-0.2, -0.15) is 12.6 Å². The highest BCUT2D eigenvalue weighted by atomic mass is 32.1. The van der Waals surface area contributed by atoms with E-state index in [-0.39, 0.29) is 8.41 Å². The smallest absolute Gasteiger partial charge is 0 e. The van der Waals surface area contributed by atoms with Gasteiger partial charge in [-0.1, -0.05) is 20.8 Å². The van der Waals surface area contributed by atoms with Gasteiger partial charge in [0, 0.05) is 8.41 Å². The molecule has 0 saturated carbocycles. The van der Waals surface area contributed by atoms with Crippen LogP contribution in [0.3, 0.4) is 0 Å². The van der Waals surface area contributed by atoms with Crippen LogP contribution in [0.25, 0.3) is 0 Å². The molecular formula is C4H12BS. The zero-order valence-corrected chi connectivity index (χ0v) is 5.63. The first-order valence-corrected chi connectivity index (χ1v) is 2.66. The van der Waals surface area contributed by atoms with Gasteiger partial charge in [-0.25, -0.2) is 0 Å². The van der Waals surface area contributed by atoms with E-state index in [1.54, 1.807) is 0 Å². The molecule has 2 heteroatoms. The van der Waals surface area contributed by atoms with E-state index in [0.717, 1.165) is 5.75 Å². The predicted molar refractivity (Wildman–Crippen MR) is 36.6 cm³/mol. The summed E-state index contributed by atoms with van der Waals surface area (Å²) in [6, 6.07) is 0. The topological polar surface area (TPSA) is 0 Å². The number of thiol groups is 1. The first kappa shape index (κ1) is 16.1. The van der Waals surface area contributed by atoms with E-state index < -0.39 is 0 Å². The minimum atomic E-state index is 0. The van der Waals surface area contributed by atoms with Crippen LogP contribution < -0.4 is 0 Å². The quantitative estimate of drug-likeness (QED) is 0.349. The van der Waals surface area contributed by atoms with Crippen LogP contribution in [0, 0.1) is 0 Å². The van der Waals surface area contributed by atoms with Crippen LogP contribution in [0.2, 0.25) is 0 Å². The molecule has 0 spiro atoms. The first-order valence-electron chi connectivity index (χ1n) is 2.02. The Labute approximate surface area is 48.3 Å². The van der Waals surface area contributed by atoms with E-state index in [1.165, 1.54) is 0 Å². The average molecular weight is 103 g/mol. The van der Waals surface area contributed by atoms with E-state index in [0.29, 0.717) is 0 Å². The molecule has 0 bridgehead atoms. The molecule has 0 unspecified atom stereocenters. The van der Waals surface area contributed by atoms with Crippen molar-refractivity contribution in [2.24, 2.45) is 0 Å². The van der Waals surface area contributed by atoms with Crippen molar-refractivity contribution in [1.29, 1.82) is 0 Å². The molecule has 0 rings (SSSR count). The van der Waals surface area contributed by atoms with Crippen LogP contribution >= 0.6 is 12.6 Å². The lowest BCUT2D eigenvalue weighted by Crippen LogP contribution is -1.36. The molecule has 0 saturated heterocycles. The second kappa shape index (κ2) is 52.7. The maximum atomic E-state index is 3.79. The summed E-state index contributed by atoms with van der Waals surface area (Å²) in [6.07, 6.45) is 0. The van der Waals surface area contributed by atoms with E-state index in [9.17, 15) is 0 Å². The Hall–Kier alpha value is 0.415. The monoisotopic (exact) mass is 103 g/mol. The Kier molecular flexibility index (Phi) is 142. The minimum absolute atomic E-state index is 0. The molecular weight excluding hydrogens is 90.9 g/mol. The van der Waals surface area contributed by atoms with Gasteiger partial charge in [0.1, 0.15) is 0 Å². The van der Waals surface area contributed by atoms with Crippen molar-refractivity contribution in [3.63, 3.8) is 0 Å². The maximum absolute atomic E-state index is 3.79. The van der Waals surface area contributed by atoms with Crippen LogP contribution in [-0.2, 0) is 0 Å². The van der Waals surface area contributed by atoms with Gasteiger partial charge in [0.05, 0.1) is 0 Å². The Balaban J connectivity index is -0.0000000275. The van der Waals surface area contributed by atoms with Gasteiger partial charge >= 0.3 is 0 Å². The largest absolute Gasteiger partial charge is 0.180 e. The van der Waals surface area contributed by atoms with Crippen molar-refractivity contribution in [1.82, 2.24) is 0 Å². The molecule has 0 heterocycles. The van der Waals surface area contributed by atoms with Crippen LogP contribution in [0.15, 0.2) is 0 Å². The number of rotatable bonds is 0. The second-order valence-electron chi connectivity index (χ2n) is 0.316. The van der Waals surface area contributed by atoms with E-state index >= 15 is 0 Å². The zero-order chi connectivity index (χ0) is 4.71. The first-order chi connectivity index (χ1) is 2.41. The lowest BCUT2D eigenvalue weighted by Gasteiger charge is -1.48. The van der Waals surface area contributed by atoms with Gasteiger partial charge in [0.15, 0.2) is 0 Å². The number of hydrogen-bond acceptors (Lipinski definition) is 1. The average Bonchev–Trinajstić information content (AvgIpc) is 1.46. The molecule has 0 aliphatic carbocycles. The van der Waals surface area contributed by atoms with E-state index in [1.807, 2.05) is 20.8 Å². The highest BCUT2D eigenvalue weighted by Crippen LogP contribution is 1.58. The Morgan fingerprint density at radius 1 is 1.33 bits per heavy atom. The molecule has 0 fully saturated rings. The van der Waals surface area contributed by atoms with E-state index in [2.05, 4.69) is 12.6 Å². The standard InChI is InChI=1S/C2H6S.C2H6.B/c1-2-3;1-2;/h3H,2H2,1H3;1-2H3;. The molecule has 6 heavy (non-hydrogen) atoms. The summed E-state index contributed by atoms with van der Waals surface area (Å²) in [6.45, 7) is 5.99. The fourth-order valence-electron chi connectivity index (χ4n) is 0. The summed E-state index contributed by atoms with van der Waals surface area (Å²) in [5.41, 5.74) is 0. The number of hydrogen-bond donors (Lipinski definition) is 1. The molecule has 0 aromatic heterocycles. The highest BCUT2D eigenvalue weighted by molar-refractivity contribution is 7.80. The van der Waals surface area contributed by atoms with Crippen molar-refractivity contribution in [2.75, 3.05) is 5.75 Å². The lowest BCUT2D eigenvalue weighted by molar-refractivity contribution is 1.50. The third kappa shape index (κ3) is 299. The molecule has 0 aromatic rings. The Bertz CT molecular complexity index is 7.51. The summed E-state index contributed by atoms with van der Waals surface area (Å²) in [4.78, 5) is 0. The Morgan fingerprint density at radius 3 is 1.33 bits per heavy atom. The SMILES string of the molecule is CC.CCS.[B]. The van der Waals surface area contributed by atoms with Crippen molar-refractivity contribution in [2.45, 2.75) is 20.8 Å². The van der Waals surface area contributed by atoms with Gasteiger partial charge in [0.2, 0.25) is 0 Å². The lowest BCUT2D eigenvalue weighted by atomic mass is 10.8. The molecule has 0 aliphatic rings. The summed E-state index contributed by atoms with van der Waals surface area (Å²) in [5.74, 6) is 0.944. The summed E-state index contributed by atoms with van der Waals surface area (Å²) in [5, 5.41) is 0. The predicted octanol–water partition coefficient (Wildman–Crippen LogP) is 1.58. The fourth-order valence-corrected chi connectivity index (χ4v) is 0. The molecule has 0 nitrogen and oxygen atoms in total. The van der Waals surface area contributed by atoms with Crippen molar-refractivity contribution < 1.29 is 0 Å². The van der Waals surface area contributed by atoms with E-state index in [4.69, 9.17) is 0 Å². The molecule has 0 N–H and O–H groups in total. The molecule has 37 valence electrons. The normalized spacial score (nSPS) is 4.00. The molecule has 0 aromatic carbocycles. The van der Waals surface area contributed by atoms with Gasteiger partial charge in [-0.05, 0) is 5.75 Å². The van der Waals surface area contributed by atoms with Crippen LogP contribution in [-0.4, -0.2) is 14.2 Å². The highest BCUT2D eigenvalue weighted by Gasteiger charge is 1.35. The Morgan fingerprint density at radius 2 is 1.33 bits per heavy atom. The fraction of sp³-hybridized carbons (Fsp3) is 1.00. The summed E-state index contributed by atoms with van der Waals surface area (Å²) in [7, 11) is 0. The van der Waals surface area contributed by atoms with Gasteiger partial charge in [0.25, 0.3) is 0 Å². The third-order valence-electron chi connectivity index (χ3n) is 0. The van der Waals surface area contributed by atoms with Crippen LogP contribution in [0.5, 0.6) is 0 Å². The maximum Gasteiger partial charge on any atom is 0 e. The van der Waals surface area contributed by atoms with Crippen LogP contribution in [0.4, 0.5) is 0 Å². The van der Waals surface area contributed by atoms with Crippen molar-refractivity contribution in [3.05, 3.63) is 0 Å². The molecule has 0 atom stereocenters. The van der Waals surface area contributed by atoms with Crippen molar-refractivity contribution >= 4 is 21.0 Å². The molecule has 3 radical (unpaired) electrons. The third-order valence-corrected chi connectivity index (χ3v) is 0. The zero-order valence-electron chi connectivity index (χ0n) is 4.73. The molecule has 0 amide bonds. The molecule has 0 aliphatic heterocycles. The van der Waals surface area contributed by atoms with Gasteiger partial charge < -0.3 is 0 Å². The second-order valence-corrected chi connectivity index (χ2v) is 0.949.